The topological polar surface area (TPSA) is 64.3 Å². The highest BCUT2D eigenvalue weighted by Crippen LogP contribution is 2.34. The number of amides is 1. The molecule has 0 unspecified atom stereocenters. The van der Waals surface area contributed by atoms with E-state index in [0.29, 0.717) is 26.0 Å². The van der Waals surface area contributed by atoms with E-state index in [1.807, 2.05) is 12.1 Å². The van der Waals surface area contributed by atoms with Crippen LogP contribution in [0.15, 0.2) is 21.1 Å². The Hall–Kier alpha value is -0.590. The lowest BCUT2D eigenvalue weighted by Crippen LogP contribution is -2.18. The van der Waals surface area contributed by atoms with E-state index in [9.17, 15) is 4.79 Å². The molecule has 0 bridgehead atoms. The number of benzene rings is 1. The van der Waals surface area contributed by atoms with Crippen LogP contribution in [0.1, 0.15) is 18.4 Å². The summed E-state index contributed by atoms with van der Waals surface area (Å²) in [4.78, 5) is 11.0. The first-order chi connectivity index (χ1) is 8.58. The molecule has 0 aromatic heterocycles. The van der Waals surface area contributed by atoms with Gasteiger partial charge < -0.3 is 15.8 Å². The molecule has 100 valence electrons. The van der Waals surface area contributed by atoms with E-state index in [2.05, 4.69) is 37.2 Å². The van der Waals surface area contributed by atoms with E-state index < -0.39 is 0 Å². The average Bonchev–Trinajstić information content (AvgIpc) is 2.36. The summed E-state index contributed by atoms with van der Waals surface area (Å²) in [5, 5.41) is 2.57. The highest BCUT2D eigenvalue weighted by atomic mass is 79.9. The van der Waals surface area contributed by atoms with Gasteiger partial charge in [0, 0.05) is 20.0 Å². The first kappa shape index (κ1) is 15.5. The van der Waals surface area contributed by atoms with Crippen LogP contribution in [-0.2, 0) is 11.3 Å². The van der Waals surface area contributed by atoms with Gasteiger partial charge in [0.2, 0.25) is 5.91 Å². The van der Waals surface area contributed by atoms with E-state index in [0.717, 1.165) is 20.3 Å². The number of hydrogen-bond acceptors (Lipinski definition) is 3. The van der Waals surface area contributed by atoms with Gasteiger partial charge in [-0.1, -0.05) is 0 Å². The maximum absolute atomic E-state index is 11.0. The third-order valence-corrected chi connectivity index (χ3v) is 3.55. The molecule has 0 heterocycles. The van der Waals surface area contributed by atoms with Crippen LogP contribution in [0.25, 0.3) is 0 Å². The molecule has 0 spiro atoms. The van der Waals surface area contributed by atoms with Crippen molar-refractivity contribution in [3.8, 4) is 5.75 Å². The zero-order chi connectivity index (χ0) is 13.5. The van der Waals surface area contributed by atoms with Gasteiger partial charge in [0.15, 0.2) is 0 Å². The van der Waals surface area contributed by atoms with Crippen molar-refractivity contribution in [1.29, 1.82) is 0 Å². The largest absolute Gasteiger partial charge is 0.491 e. The Morgan fingerprint density at radius 1 is 1.39 bits per heavy atom. The van der Waals surface area contributed by atoms with Gasteiger partial charge >= 0.3 is 0 Å². The Bertz CT molecular complexity index is 402. The second-order valence-corrected chi connectivity index (χ2v) is 5.43. The Labute approximate surface area is 124 Å². The summed E-state index contributed by atoms with van der Waals surface area (Å²) in [6, 6.07) is 3.86. The van der Waals surface area contributed by atoms with E-state index in [1.165, 1.54) is 0 Å². The first-order valence-corrected chi connectivity index (χ1v) is 7.18. The molecule has 0 atom stereocenters. The summed E-state index contributed by atoms with van der Waals surface area (Å²) < 4.78 is 7.36. The normalized spacial score (nSPS) is 10.2. The SMILES string of the molecule is CNC(=O)CCCOc1c(Br)cc(CN)cc1Br. The van der Waals surface area contributed by atoms with Crippen molar-refractivity contribution in [2.45, 2.75) is 19.4 Å². The number of rotatable bonds is 6. The molecule has 0 aliphatic carbocycles. The second-order valence-electron chi connectivity index (χ2n) is 3.72. The molecule has 18 heavy (non-hydrogen) atoms. The van der Waals surface area contributed by atoms with Crippen LogP contribution < -0.4 is 15.8 Å². The van der Waals surface area contributed by atoms with Crippen LogP contribution in [0.3, 0.4) is 0 Å². The molecule has 0 aliphatic heterocycles. The van der Waals surface area contributed by atoms with E-state index in [1.54, 1.807) is 7.05 Å². The van der Waals surface area contributed by atoms with Crippen molar-refractivity contribution in [2.75, 3.05) is 13.7 Å². The average molecular weight is 380 g/mol. The highest BCUT2D eigenvalue weighted by Gasteiger charge is 2.08. The minimum Gasteiger partial charge on any atom is -0.491 e. The summed E-state index contributed by atoms with van der Waals surface area (Å²) in [5.41, 5.74) is 6.60. The van der Waals surface area contributed by atoms with E-state index in [4.69, 9.17) is 10.5 Å². The fraction of sp³-hybridized carbons (Fsp3) is 0.417. The fourth-order valence-electron chi connectivity index (χ4n) is 1.40. The number of carbonyl (C=O) groups is 1. The lowest BCUT2D eigenvalue weighted by Gasteiger charge is -2.11. The number of hydrogen-bond donors (Lipinski definition) is 2. The molecule has 1 rings (SSSR count). The molecule has 1 aromatic carbocycles. The van der Waals surface area contributed by atoms with Crippen LogP contribution >= 0.6 is 31.9 Å². The zero-order valence-electron chi connectivity index (χ0n) is 10.1. The maximum Gasteiger partial charge on any atom is 0.219 e. The predicted octanol–water partition coefficient (Wildman–Crippen LogP) is 2.58. The van der Waals surface area contributed by atoms with Gasteiger partial charge in [-0.3, -0.25) is 4.79 Å². The highest BCUT2D eigenvalue weighted by molar-refractivity contribution is 9.11. The Kier molecular flexibility index (Phi) is 6.67. The van der Waals surface area contributed by atoms with Gasteiger partial charge in [-0.25, -0.2) is 0 Å². The van der Waals surface area contributed by atoms with Crippen LogP contribution in [0, 0.1) is 0 Å². The molecule has 0 saturated heterocycles. The van der Waals surface area contributed by atoms with Crippen LogP contribution in [0.2, 0.25) is 0 Å². The summed E-state index contributed by atoms with van der Waals surface area (Å²) in [5.74, 6) is 0.763. The van der Waals surface area contributed by atoms with Crippen LogP contribution in [0.5, 0.6) is 5.75 Å². The summed E-state index contributed by atoms with van der Waals surface area (Å²) in [6.07, 6.45) is 1.14. The van der Waals surface area contributed by atoms with Crippen molar-refractivity contribution >= 4 is 37.8 Å². The Balaban J connectivity index is 2.54. The van der Waals surface area contributed by atoms with Gasteiger partial charge in [0.25, 0.3) is 0 Å². The molecule has 1 amide bonds. The molecule has 0 radical (unpaired) electrons. The number of nitrogens with two attached hydrogens (primary N) is 1. The van der Waals surface area contributed by atoms with Gasteiger partial charge in [0.1, 0.15) is 5.75 Å². The first-order valence-electron chi connectivity index (χ1n) is 5.59. The summed E-state index contributed by atoms with van der Waals surface area (Å²) in [7, 11) is 1.63. The summed E-state index contributed by atoms with van der Waals surface area (Å²) >= 11 is 6.89. The monoisotopic (exact) mass is 378 g/mol. The van der Waals surface area contributed by atoms with Crippen LogP contribution in [-0.4, -0.2) is 19.6 Å². The smallest absolute Gasteiger partial charge is 0.219 e. The number of ether oxygens (including phenoxy) is 1. The molecule has 1 aromatic rings. The fourth-order valence-corrected chi connectivity index (χ4v) is 2.91. The Morgan fingerprint density at radius 2 is 2.00 bits per heavy atom. The van der Waals surface area contributed by atoms with Crippen molar-refractivity contribution in [1.82, 2.24) is 5.32 Å². The number of carbonyl (C=O) groups excluding carboxylic acids is 1. The van der Waals surface area contributed by atoms with Crippen LogP contribution in [0.4, 0.5) is 0 Å². The quantitative estimate of drug-likeness (QED) is 0.746. The third-order valence-electron chi connectivity index (χ3n) is 2.37. The van der Waals surface area contributed by atoms with Crippen molar-refractivity contribution < 1.29 is 9.53 Å². The molecular formula is C12H16Br2N2O2. The maximum atomic E-state index is 11.0. The molecule has 0 saturated carbocycles. The second kappa shape index (κ2) is 7.76. The molecule has 6 heteroatoms. The van der Waals surface area contributed by atoms with Gasteiger partial charge in [-0.15, -0.1) is 0 Å². The molecule has 0 fully saturated rings. The summed E-state index contributed by atoms with van der Waals surface area (Å²) in [6.45, 7) is 0.973. The molecule has 0 aliphatic rings. The van der Waals surface area contributed by atoms with Crippen molar-refractivity contribution in [2.24, 2.45) is 5.73 Å². The standard InChI is InChI=1S/C12H16Br2N2O2/c1-16-11(17)3-2-4-18-12-9(13)5-8(7-15)6-10(12)14/h5-6H,2-4,7,15H2,1H3,(H,16,17). The van der Waals surface area contributed by atoms with Crippen molar-refractivity contribution in [3.05, 3.63) is 26.6 Å². The van der Waals surface area contributed by atoms with Gasteiger partial charge in [0.05, 0.1) is 15.6 Å². The minimum atomic E-state index is 0.0233. The van der Waals surface area contributed by atoms with Gasteiger partial charge in [-0.05, 0) is 56.0 Å². The molecular weight excluding hydrogens is 364 g/mol. The number of halogens is 2. The predicted molar refractivity (Wildman–Crippen MR) is 78.5 cm³/mol. The minimum absolute atomic E-state index is 0.0233. The molecule has 4 nitrogen and oxygen atoms in total. The van der Waals surface area contributed by atoms with Gasteiger partial charge in [-0.2, -0.15) is 0 Å². The van der Waals surface area contributed by atoms with Crippen molar-refractivity contribution in [3.63, 3.8) is 0 Å². The van der Waals surface area contributed by atoms with E-state index in [-0.39, 0.29) is 5.91 Å². The lowest BCUT2D eigenvalue weighted by molar-refractivity contribution is -0.120. The van der Waals surface area contributed by atoms with E-state index >= 15 is 0 Å². The zero-order valence-corrected chi connectivity index (χ0v) is 13.3. The number of nitrogens with one attached hydrogen (secondary N) is 1. The molecule has 3 N–H and O–H groups in total. The lowest BCUT2D eigenvalue weighted by atomic mass is 10.2. The Morgan fingerprint density at radius 3 is 2.50 bits per heavy atom. The third kappa shape index (κ3) is 4.59.